The Morgan fingerprint density at radius 2 is 1.83 bits per heavy atom. The minimum absolute atomic E-state index is 0.139. The lowest BCUT2D eigenvalue weighted by Crippen LogP contribution is -2.52. The SMILES string of the molecule is Cc1nc2c(-c3ccc(OC[C@](C)(CC(C)C)NC(=O)OC(C)(C)C)c(C(F)(F)F)c3)ncnc2s1. The first kappa shape index (κ1) is 27.6. The van der Waals surface area contributed by atoms with Crippen LogP contribution in [0.15, 0.2) is 24.5 Å². The molecule has 1 aromatic carbocycles. The number of carbonyl (C=O) groups excluding carboxylic acids is 1. The molecule has 0 saturated heterocycles. The molecule has 0 saturated carbocycles. The van der Waals surface area contributed by atoms with Crippen molar-refractivity contribution in [1.29, 1.82) is 0 Å². The molecule has 3 aromatic rings. The summed E-state index contributed by atoms with van der Waals surface area (Å²) in [6.45, 7) is 12.4. The van der Waals surface area contributed by atoms with Gasteiger partial charge in [0.15, 0.2) is 0 Å². The van der Waals surface area contributed by atoms with Crippen LogP contribution in [0.5, 0.6) is 5.75 Å². The molecule has 0 unspecified atom stereocenters. The number of nitrogens with zero attached hydrogens (tertiary/aromatic N) is 3. The summed E-state index contributed by atoms with van der Waals surface area (Å²) in [5.41, 5.74) is -1.60. The molecule has 11 heteroatoms. The number of hydrogen-bond donors (Lipinski definition) is 1. The number of fused-ring (bicyclic) bond motifs is 1. The highest BCUT2D eigenvalue weighted by molar-refractivity contribution is 7.18. The molecule has 3 rings (SSSR count). The maximum atomic E-state index is 14.1. The van der Waals surface area contributed by atoms with E-state index < -0.39 is 29.0 Å². The van der Waals surface area contributed by atoms with Gasteiger partial charge in [0.2, 0.25) is 0 Å². The van der Waals surface area contributed by atoms with E-state index in [4.69, 9.17) is 9.47 Å². The molecule has 196 valence electrons. The van der Waals surface area contributed by atoms with Gasteiger partial charge in [0.25, 0.3) is 0 Å². The summed E-state index contributed by atoms with van der Waals surface area (Å²) in [4.78, 5) is 25.7. The summed E-state index contributed by atoms with van der Waals surface area (Å²) < 4.78 is 53.3. The average molecular weight is 525 g/mol. The molecule has 1 amide bonds. The van der Waals surface area contributed by atoms with Crippen LogP contribution >= 0.6 is 11.3 Å². The lowest BCUT2D eigenvalue weighted by Gasteiger charge is -2.33. The molecule has 0 fully saturated rings. The fourth-order valence-corrected chi connectivity index (χ4v) is 4.68. The van der Waals surface area contributed by atoms with E-state index in [1.165, 1.54) is 29.8 Å². The first-order valence-electron chi connectivity index (χ1n) is 11.5. The van der Waals surface area contributed by atoms with E-state index in [-0.39, 0.29) is 23.8 Å². The van der Waals surface area contributed by atoms with Gasteiger partial charge in [-0.05, 0) is 65.2 Å². The van der Waals surface area contributed by atoms with Crippen LogP contribution in [-0.4, -0.2) is 38.8 Å². The highest BCUT2D eigenvalue weighted by atomic mass is 32.1. The Labute approximate surface area is 212 Å². The van der Waals surface area contributed by atoms with Crippen LogP contribution in [0.3, 0.4) is 0 Å². The van der Waals surface area contributed by atoms with Crippen molar-refractivity contribution >= 4 is 27.8 Å². The number of rotatable bonds is 7. The number of amides is 1. The third-order valence-corrected chi connectivity index (χ3v) is 5.95. The Bertz CT molecular complexity index is 1240. The number of carbonyl (C=O) groups is 1. The number of aromatic nitrogens is 3. The standard InChI is InChI=1S/C25H31F3N4O3S/c1-14(2)11-24(7,32-22(33)35-23(4,5)6)12-34-18-9-8-16(10-17(18)25(26,27)28)19-20-21(30-13-29-19)36-15(3)31-20/h8-10,13-14H,11-12H2,1-7H3,(H,32,33)/t24-/m0/s1. The smallest absolute Gasteiger partial charge is 0.419 e. The summed E-state index contributed by atoms with van der Waals surface area (Å²) in [5.74, 6) is -0.202. The minimum Gasteiger partial charge on any atom is -0.491 e. The molecule has 2 aromatic heterocycles. The predicted octanol–water partition coefficient (Wildman–Crippen LogP) is 6.79. The van der Waals surface area contributed by atoms with Gasteiger partial charge in [0.05, 0.1) is 16.1 Å². The maximum Gasteiger partial charge on any atom is 0.419 e. The quantitative estimate of drug-likeness (QED) is 0.366. The number of ether oxygens (including phenoxy) is 2. The zero-order valence-electron chi connectivity index (χ0n) is 21.4. The van der Waals surface area contributed by atoms with Crippen molar-refractivity contribution in [2.24, 2.45) is 5.92 Å². The zero-order chi connectivity index (χ0) is 26.9. The van der Waals surface area contributed by atoms with Gasteiger partial charge in [-0.1, -0.05) is 25.2 Å². The number of aryl methyl sites for hydroxylation is 1. The average Bonchev–Trinajstić information content (AvgIpc) is 3.09. The van der Waals surface area contributed by atoms with Gasteiger partial charge in [-0.3, -0.25) is 0 Å². The zero-order valence-corrected chi connectivity index (χ0v) is 22.2. The molecule has 0 radical (unpaired) electrons. The molecule has 2 heterocycles. The second-order valence-corrected chi connectivity index (χ2v) is 11.6. The van der Waals surface area contributed by atoms with Crippen LogP contribution in [0.2, 0.25) is 0 Å². The normalized spacial score (nSPS) is 14.1. The van der Waals surface area contributed by atoms with E-state index in [0.29, 0.717) is 22.5 Å². The first-order valence-corrected chi connectivity index (χ1v) is 12.3. The summed E-state index contributed by atoms with van der Waals surface area (Å²) in [6, 6.07) is 3.80. The maximum absolute atomic E-state index is 14.1. The highest BCUT2D eigenvalue weighted by Crippen LogP contribution is 2.40. The minimum atomic E-state index is -4.68. The third kappa shape index (κ3) is 7.05. The molecule has 7 nitrogen and oxygen atoms in total. The molecule has 0 aliphatic heterocycles. The fourth-order valence-electron chi connectivity index (χ4n) is 3.93. The van der Waals surface area contributed by atoms with Crippen LogP contribution < -0.4 is 10.1 Å². The lowest BCUT2D eigenvalue weighted by atomic mass is 9.91. The van der Waals surface area contributed by atoms with Gasteiger partial charge >= 0.3 is 12.3 Å². The molecule has 1 atom stereocenters. The molecular weight excluding hydrogens is 493 g/mol. The summed E-state index contributed by atoms with van der Waals surface area (Å²) in [7, 11) is 0. The number of hydrogen-bond acceptors (Lipinski definition) is 7. The Hall–Kier alpha value is -2.95. The van der Waals surface area contributed by atoms with E-state index >= 15 is 0 Å². The number of alkyl halides is 3. The van der Waals surface area contributed by atoms with Gasteiger partial charge in [0, 0.05) is 5.56 Å². The molecule has 1 N–H and O–H groups in total. The van der Waals surface area contributed by atoms with Gasteiger partial charge in [0.1, 0.15) is 40.3 Å². The van der Waals surface area contributed by atoms with Gasteiger partial charge < -0.3 is 14.8 Å². The predicted molar refractivity (Wildman–Crippen MR) is 133 cm³/mol. The highest BCUT2D eigenvalue weighted by Gasteiger charge is 2.37. The van der Waals surface area contributed by atoms with Crippen LogP contribution in [0, 0.1) is 12.8 Å². The Kier molecular flexibility index (Phi) is 7.83. The van der Waals surface area contributed by atoms with Gasteiger partial charge in [-0.2, -0.15) is 13.2 Å². The molecule has 0 bridgehead atoms. The second-order valence-electron chi connectivity index (χ2n) is 10.4. The lowest BCUT2D eigenvalue weighted by molar-refractivity contribution is -0.139. The van der Waals surface area contributed by atoms with Crippen molar-refractivity contribution in [3.05, 3.63) is 35.1 Å². The number of thiazole rings is 1. The van der Waals surface area contributed by atoms with Crippen LogP contribution in [-0.2, 0) is 10.9 Å². The Morgan fingerprint density at radius 1 is 1.14 bits per heavy atom. The van der Waals surface area contributed by atoms with Crippen LogP contribution in [0.4, 0.5) is 18.0 Å². The Morgan fingerprint density at radius 3 is 2.44 bits per heavy atom. The molecule has 0 aliphatic carbocycles. The summed E-state index contributed by atoms with van der Waals surface area (Å²) in [6.07, 6.45) is -3.56. The van der Waals surface area contributed by atoms with Crippen molar-refractivity contribution in [3.63, 3.8) is 0 Å². The summed E-state index contributed by atoms with van der Waals surface area (Å²) >= 11 is 1.34. The fraction of sp³-hybridized carbons (Fsp3) is 0.520. The van der Waals surface area contributed by atoms with E-state index in [9.17, 15) is 18.0 Å². The van der Waals surface area contributed by atoms with Crippen molar-refractivity contribution in [2.75, 3.05) is 6.61 Å². The number of benzene rings is 1. The first-order chi connectivity index (χ1) is 16.6. The van der Waals surface area contributed by atoms with Crippen LogP contribution in [0.1, 0.15) is 58.5 Å². The number of halogens is 3. The number of nitrogens with one attached hydrogen (secondary N) is 1. The monoisotopic (exact) mass is 524 g/mol. The van der Waals surface area contributed by atoms with Gasteiger partial charge in [-0.15, -0.1) is 0 Å². The van der Waals surface area contributed by atoms with Crippen LogP contribution in [0.25, 0.3) is 21.6 Å². The van der Waals surface area contributed by atoms with Gasteiger partial charge in [-0.25, -0.2) is 19.7 Å². The number of alkyl carbamates (subject to hydrolysis) is 1. The van der Waals surface area contributed by atoms with Crippen molar-refractivity contribution in [3.8, 4) is 17.0 Å². The van der Waals surface area contributed by atoms with E-state index in [1.54, 1.807) is 34.6 Å². The van der Waals surface area contributed by atoms with E-state index in [0.717, 1.165) is 11.1 Å². The second kappa shape index (κ2) is 10.2. The molecule has 0 aliphatic rings. The molecule has 36 heavy (non-hydrogen) atoms. The summed E-state index contributed by atoms with van der Waals surface area (Å²) in [5, 5.41) is 3.52. The van der Waals surface area contributed by atoms with Crippen molar-refractivity contribution in [2.45, 2.75) is 72.2 Å². The van der Waals surface area contributed by atoms with E-state index in [2.05, 4.69) is 20.3 Å². The van der Waals surface area contributed by atoms with Crippen molar-refractivity contribution < 1.29 is 27.4 Å². The topological polar surface area (TPSA) is 86.2 Å². The Balaban J connectivity index is 1.92. The third-order valence-electron chi connectivity index (χ3n) is 5.07. The largest absolute Gasteiger partial charge is 0.491 e. The molecule has 0 spiro atoms. The van der Waals surface area contributed by atoms with Crippen molar-refractivity contribution in [1.82, 2.24) is 20.3 Å². The molecular formula is C25H31F3N4O3S. The van der Waals surface area contributed by atoms with E-state index in [1.807, 2.05) is 13.8 Å².